The summed E-state index contributed by atoms with van der Waals surface area (Å²) in [5.41, 5.74) is 2.46. The van der Waals surface area contributed by atoms with E-state index in [0.29, 0.717) is 0 Å². The molecule has 1 aliphatic carbocycles. The molecule has 1 N–H and O–H groups in total. The smallest absolute Gasteiger partial charge is 0.0975 e. The summed E-state index contributed by atoms with van der Waals surface area (Å²) < 4.78 is 0. The second-order valence-corrected chi connectivity index (χ2v) is 5.97. The van der Waals surface area contributed by atoms with Crippen LogP contribution >= 0.6 is 11.3 Å². The molecular weight excluding hydrogens is 242 g/mol. The van der Waals surface area contributed by atoms with Gasteiger partial charge in [0.2, 0.25) is 0 Å². The van der Waals surface area contributed by atoms with Crippen LogP contribution in [0.4, 0.5) is 0 Å². The highest BCUT2D eigenvalue weighted by atomic mass is 32.1. The van der Waals surface area contributed by atoms with E-state index in [0.717, 1.165) is 19.0 Å². The molecule has 1 fully saturated rings. The fourth-order valence-electron chi connectivity index (χ4n) is 1.93. The Hall–Kier alpha value is -1.26. The molecule has 4 heteroatoms. The summed E-state index contributed by atoms with van der Waals surface area (Å²) in [6.07, 6.45) is 7.26. The van der Waals surface area contributed by atoms with Gasteiger partial charge in [0.05, 0.1) is 10.7 Å². The van der Waals surface area contributed by atoms with Gasteiger partial charge in [0.25, 0.3) is 0 Å². The summed E-state index contributed by atoms with van der Waals surface area (Å²) in [4.78, 5) is 10.1. The Kier molecular flexibility index (Phi) is 3.39. The van der Waals surface area contributed by atoms with Crippen molar-refractivity contribution in [2.45, 2.75) is 38.8 Å². The van der Waals surface area contributed by atoms with Crippen molar-refractivity contribution < 1.29 is 0 Å². The maximum absolute atomic E-state index is 4.66. The predicted octanol–water partition coefficient (Wildman–Crippen LogP) is 2.69. The van der Waals surface area contributed by atoms with Crippen molar-refractivity contribution in [3.8, 4) is 0 Å². The minimum Gasteiger partial charge on any atom is -0.309 e. The molecule has 2 aromatic heterocycles. The fraction of sp³-hybridized carbons (Fsp3) is 0.429. The van der Waals surface area contributed by atoms with Crippen LogP contribution in [0.3, 0.4) is 0 Å². The second-order valence-electron chi connectivity index (χ2n) is 4.80. The zero-order chi connectivity index (χ0) is 12.4. The van der Waals surface area contributed by atoms with Crippen molar-refractivity contribution in [1.82, 2.24) is 15.3 Å². The molecule has 0 unspecified atom stereocenters. The van der Waals surface area contributed by atoms with Gasteiger partial charge in [-0.15, -0.1) is 11.3 Å². The lowest BCUT2D eigenvalue weighted by Crippen LogP contribution is -2.14. The number of aryl methyl sites for hydroxylation is 1. The van der Waals surface area contributed by atoms with Crippen molar-refractivity contribution in [1.29, 1.82) is 0 Å². The van der Waals surface area contributed by atoms with Gasteiger partial charge in [-0.2, -0.15) is 0 Å². The number of nitrogens with one attached hydrogen (secondary N) is 1. The molecule has 0 spiro atoms. The molecule has 1 saturated carbocycles. The third-order valence-electron chi connectivity index (χ3n) is 3.17. The molecule has 3 nitrogen and oxygen atoms in total. The van der Waals surface area contributed by atoms with Crippen molar-refractivity contribution in [3.63, 3.8) is 0 Å². The van der Waals surface area contributed by atoms with Gasteiger partial charge in [-0.25, -0.2) is 4.98 Å². The van der Waals surface area contributed by atoms with Crippen LogP contribution in [0.5, 0.6) is 0 Å². The van der Waals surface area contributed by atoms with Gasteiger partial charge in [0.1, 0.15) is 0 Å². The predicted molar refractivity (Wildman–Crippen MR) is 73.8 cm³/mol. The normalized spacial score (nSPS) is 14.9. The maximum Gasteiger partial charge on any atom is 0.0975 e. The topological polar surface area (TPSA) is 37.8 Å². The summed E-state index contributed by atoms with van der Waals surface area (Å²) >= 11 is 1.83. The van der Waals surface area contributed by atoms with Gasteiger partial charge in [0, 0.05) is 36.3 Å². The van der Waals surface area contributed by atoms with Crippen molar-refractivity contribution in [2.24, 2.45) is 0 Å². The van der Waals surface area contributed by atoms with Crippen LogP contribution in [0.1, 0.15) is 34.0 Å². The highest BCUT2D eigenvalue weighted by molar-refractivity contribution is 7.11. The number of nitrogens with zero attached hydrogens (tertiary/aromatic N) is 2. The zero-order valence-electron chi connectivity index (χ0n) is 10.5. The summed E-state index contributed by atoms with van der Waals surface area (Å²) in [6, 6.07) is 4.87. The van der Waals surface area contributed by atoms with Gasteiger partial charge < -0.3 is 5.32 Å². The zero-order valence-corrected chi connectivity index (χ0v) is 11.3. The SMILES string of the molecule is Cc1nc(Cc2ccncc2)sc1CNC1CC1. The molecule has 0 atom stereocenters. The average Bonchev–Trinajstić information content (AvgIpc) is 3.14. The summed E-state index contributed by atoms with van der Waals surface area (Å²) in [7, 11) is 0. The number of aromatic nitrogens is 2. The number of hydrogen-bond acceptors (Lipinski definition) is 4. The first-order chi connectivity index (χ1) is 8.81. The summed E-state index contributed by atoms with van der Waals surface area (Å²) in [5.74, 6) is 0. The Bertz CT molecular complexity index is 517. The van der Waals surface area contributed by atoms with E-state index in [1.807, 2.05) is 23.7 Å². The average molecular weight is 259 g/mol. The first-order valence-electron chi connectivity index (χ1n) is 6.39. The fourth-order valence-corrected chi connectivity index (χ4v) is 2.98. The van der Waals surface area contributed by atoms with Crippen molar-refractivity contribution in [2.75, 3.05) is 0 Å². The Morgan fingerprint density at radius 1 is 1.33 bits per heavy atom. The van der Waals surface area contributed by atoms with E-state index in [4.69, 9.17) is 0 Å². The number of hydrogen-bond donors (Lipinski definition) is 1. The minimum absolute atomic E-state index is 0.759. The molecule has 18 heavy (non-hydrogen) atoms. The quantitative estimate of drug-likeness (QED) is 0.897. The molecule has 3 rings (SSSR count). The van der Waals surface area contributed by atoms with Crippen LogP contribution in [-0.4, -0.2) is 16.0 Å². The first kappa shape index (κ1) is 11.8. The molecule has 0 aliphatic heterocycles. The molecule has 0 aromatic carbocycles. The van der Waals surface area contributed by atoms with Gasteiger partial charge in [0.15, 0.2) is 0 Å². The molecule has 0 amide bonds. The van der Waals surface area contributed by atoms with E-state index in [-0.39, 0.29) is 0 Å². The summed E-state index contributed by atoms with van der Waals surface area (Å²) in [5, 5.41) is 4.75. The standard InChI is InChI=1S/C14H17N3S/c1-10-13(9-16-12-2-3-12)18-14(17-10)8-11-4-6-15-7-5-11/h4-7,12,16H,2-3,8-9H2,1H3. The van der Waals surface area contributed by atoms with Gasteiger partial charge in [-0.1, -0.05) is 0 Å². The third-order valence-corrected chi connectivity index (χ3v) is 4.33. The highest BCUT2D eigenvalue weighted by Gasteiger charge is 2.21. The minimum atomic E-state index is 0.759. The molecular formula is C14H17N3S. The van der Waals surface area contributed by atoms with E-state index in [1.165, 1.54) is 34.0 Å². The van der Waals surface area contributed by atoms with E-state index >= 15 is 0 Å². The molecule has 2 aromatic rings. The van der Waals surface area contributed by atoms with Crippen LogP contribution in [-0.2, 0) is 13.0 Å². The van der Waals surface area contributed by atoms with E-state index in [1.54, 1.807) is 0 Å². The van der Waals surface area contributed by atoms with E-state index in [2.05, 4.69) is 34.3 Å². The van der Waals surface area contributed by atoms with Crippen molar-refractivity contribution in [3.05, 3.63) is 45.7 Å². The van der Waals surface area contributed by atoms with Gasteiger partial charge in [-0.3, -0.25) is 4.98 Å². The third kappa shape index (κ3) is 2.94. The Morgan fingerprint density at radius 3 is 2.83 bits per heavy atom. The lowest BCUT2D eigenvalue weighted by atomic mass is 10.2. The Labute approximate surface area is 111 Å². The van der Waals surface area contributed by atoms with E-state index in [9.17, 15) is 0 Å². The molecule has 0 saturated heterocycles. The molecule has 0 radical (unpaired) electrons. The van der Waals surface area contributed by atoms with Crippen molar-refractivity contribution >= 4 is 11.3 Å². The second kappa shape index (κ2) is 5.16. The number of thiazole rings is 1. The van der Waals surface area contributed by atoms with Gasteiger partial charge in [-0.05, 0) is 37.5 Å². The first-order valence-corrected chi connectivity index (χ1v) is 7.20. The largest absolute Gasteiger partial charge is 0.309 e. The van der Waals surface area contributed by atoms with Crippen LogP contribution in [0.2, 0.25) is 0 Å². The Balaban J connectivity index is 1.67. The summed E-state index contributed by atoms with van der Waals surface area (Å²) in [6.45, 7) is 3.08. The van der Waals surface area contributed by atoms with E-state index < -0.39 is 0 Å². The molecule has 94 valence electrons. The molecule has 0 bridgehead atoms. The number of pyridine rings is 1. The molecule has 2 heterocycles. The number of rotatable bonds is 5. The maximum atomic E-state index is 4.66. The Morgan fingerprint density at radius 2 is 2.11 bits per heavy atom. The van der Waals surface area contributed by atoms with Crippen LogP contribution in [0.25, 0.3) is 0 Å². The van der Waals surface area contributed by atoms with Crippen LogP contribution in [0.15, 0.2) is 24.5 Å². The lowest BCUT2D eigenvalue weighted by molar-refractivity contribution is 0.691. The van der Waals surface area contributed by atoms with Crippen LogP contribution < -0.4 is 5.32 Å². The van der Waals surface area contributed by atoms with Crippen LogP contribution in [0, 0.1) is 6.92 Å². The monoisotopic (exact) mass is 259 g/mol. The lowest BCUT2D eigenvalue weighted by Gasteiger charge is -1.99. The highest BCUT2D eigenvalue weighted by Crippen LogP contribution is 2.23. The van der Waals surface area contributed by atoms with Gasteiger partial charge >= 0.3 is 0 Å². The molecule has 1 aliphatic rings.